The summed E-state index contributed by atoms with van der Waals surface area (Å²) in [6.07, 6.45) is 2.38. The number of ether oxygens (including phenoxy) is 5. The summed E-state index contributed by atoms with van der Waals surface area (Å²) in [5.74, 6) is -0.688. The fourth-order valence-electron chi connectivity index (χ4n) is 2.62. The minimum absolute atomic E-state index is 0.0151. The van der Waals surface area contributed by atoms with E-state index in [0.29, 0.717) is 5.75 Å². The summed E-state index contributed by atoms with van der Waals surface area (Å²) in [4.78, 5) is 36.7. The van der Waals surface area contributed by atoms with Gasteiger partial charge >= 0.3 is 18.1 Å². The number of methoxy groups -OCH3 is 2. The van der Waals surface area contributed by atoms with Crippen LogP contribution in [0, 0.1) is 5.41 Å². The van der Waals surface area contributed by atoms with Crippen LogP contribution in [0.3, 0.4) is 0 Å². The molecule has 8 nitrogen and oxygen atoms in total. The lowest BCUT2D eigenvalue weighted by Crippen LogP contribution is -2.43. The van der Waals surface area contributed by atoms with Gasteiger partial charge in [0.2, 0.25) is 0 Å². The Kier molecular flexibility index (Phi) is 10.3. The highest BCUT2D eigenvalue weighted by Crippen LogP contribution is 2.32. The first kappa shape index (κ1) is 24.0. The molecule has 0 saturated heterocycles. The molecule has 0 N–H and O–H groups in total. The second kappa shape index (κ2) is 12.4. The molecule has 0 spiro atoms. The van der Waals surface area contributed by atoms with Crippen LogP contribution in [0.1, 0.15) is 25.8 Å². The molecule has 0 unspecified atom stereocenters. The van der Waals surface area contributed by atoms with Crippen molar-refractivity contribution in [1.82, 2.24) is 0 Å². The van der Waals surface area contributed by atoms with E-state index in [4.69, 9.17) is 18.9 Å². The number of carbonyl (C=O) groups excluding carboxylic acids is 3. The van der Waals surface area contributed by atoms with Crippen LogP contribution < -0.4 is 4.74 Å². The fourth-order valence-corrected chi connectivity index (χ4v) is 2.62. The lowest BCUT2D eigenvalue weighted by Gasteiger charge is -2.28. The maximum Gasteiger partial charge on any atom is 0.508 e. The van der Waals surface area contributed by atoms with E-state index in [9.17, 15) is 14.4 Å². The summed E-state index contributed by atoms with van der Waals surface area (Å²) in [6, 6.07) is 7.04. The zero-order chi connectivity index (χ0) is 21.7. The maximum absolute atomic E-state index is 12.8. The van der Waals surface area contributed by atoms with Crippen LogP contribution in [0.25, 0.3) is 0 Å². The lowest BCUT2D eigenvalue weighted by molar-refractivity contribution is -0.171. The number of hydrogen-bond donors (Lipinski definition) is 0. The van der Waals surface area contributed by atoms with E-state index in [1.807, 2.05) is 0 Å². The Morgan fingerprint density at radius 3 is 1.97 bits per heavy atom. The van der Waals surface area contributed by atoms with Gasteiger partial charge in [-0.25, -0.2) is 4.79 Å². The second-order valence-electron chi connectivity index (χ2n) is 5.99. The maximum atomic E-state index is 12.8. The summed E-state index contributed by atoms with van der Waals surface area (Å²) in [5, 5.41) is 0. The summed E-state index contributed by atoms with van der Waals surface area (Å²) in [7, 11) is 2.76. The first-order valence-electron chi connectivity index (χ1n) is 9.26. The minimum atomic E-state index is -1.57. The van der Waals surface area contributed by atoms with E-state index in [-0.39, 0.29) is 32.7 Å². The second-order valence-corrected chi connectivity index (χ2v) is 5.99. The minimum Gasteiger partial charge on any atom is -0.497 e. The summed E-state index contributed by atoms with van der Waals surface area (Å²) in [6.45, 7) is 3.52. The average molecular weight is 408 g/mol. The first-order chi connectivity index (χ1) is 13.9. The van der Waals surface area contributed by atoms with Crippen LogP contribution in [0.5, 0.6) is 5.75 Å². The average Bonchev–Trinajstić information content (AvgIpc) is 2.73. The van der Waals surface area contributed by atoms with Crippen molar-refractivity contribution < 1.29 is 38.1 Å². The van der Waals surface area contributed by atoms with E-state index in [1.54, 1.807) is 51.3 Å². The molecule has 0 bridgehead atoms. The topological polar surface area (TPSA) is 97.4 Å². The van der Waals surface area contributed by atoms with Crippen molar-refractivity contribution in [3.8, 4) is 5.75 Å². The third-order valence-electron chi connectivity index (χ3n) is 4.09. The number of carbonyl (C=O) groups is 3. The Balaban J connectivity index is 3.15. The van der Waals surface area contributed by atoms with Crippen molar-refractivity contribution in [1.29, 1.82) is 0 Å². The first-order valence-corrected chi connectivity index (χ1v) is 9.26. The predicted octanol–water partition coefficient (Wildman–Crippen LogP) is 3.08. The van der Waals surface area contributed by atoms with Gasteiger partial charge in [0.05, 0.1) is 27.4 Å². The fraction of sp³-hybridized carbons (Fsp3) is 0.476. The van der Waals surface area contributed by atoms with Crippen LogP contribution in [0.4, 0.5) is 4.79 Å². The summed E-state index contributed by atoms with van der Waals surface area (Å²) in [5.41, 5.74) is -0.825. The van der Waals surface area contributed by atoms with E-state index in [2.05, 4.69) is 4.74 Å². The van der Waals surface area contributed by atoms with E-state index in [0.717, 1.165) is 5.56 Å². The van der Waals surface area contributed by atoms with Crippen molar-refractivity contribution in [2.24, 2.45) is 5.41 Å². The number of allylic oxidation sites excluding steroid dienone is 1. The van der Waals surface area contributed by atoms with Gasteiger partial charge in [-0.15, -0.1) is 0 Å². The summed E-state index contributed by atoms with van der Waals surface area (Å²) < 4.78 is 24.7. The molecule has 1 rings (SSSR count). The quantitative estimate of drug-likeness (QED) is 0.238. The van der Waals surface area contributed by atoms with Gasteiger partial charge in [0.15, 0.2) is 5.41 Å². The Morgan fingerprint density at radius 1 is 0.897 bits per heavy atom. The third kappa shape index (κ3) is 7.14. The Hall–Kier alpha value is -3.03. The zero-order valence-corrected chi connectivity index (χ0v) is 17.3. The molecular weight excluding hydrogens is 380 g/mol. The van der Waals surface area contributed by atoms with Crippen molar-refractivity contribution >= 4 is 18.1 Å². The predicted molar refractivity (Wildman–Crippen MR) is 105 cm³/mol. The van der Waals surface area contributed by atoms with Crippen LogP contribution in [0.15, 0.2) is 36.4 Å². The Morgan fingerprint density at radius 2 is 1.48 bits per heavy atom. The SMILES string of the molecule is CCOC(=O)C(C/C=C\COC(=O)OC)(Cc1ccc(OC)cc1)C(=O)OCC. The molecule has 0 atom stereocenters. The third-order valence-corrected chi connectivity index (χ3v) is 4.09. The van der Waals surface area contributed by atoms with Crippen LogP contribution in [-0.4, -0.2) is 52.1 Å². The van der Waals surface area contributed by atoms with Gasteiger partial charge < -0.3 is 23.7 Å². The molecule has 0 heterocycles. The largest absolute Gasteiger partial charge is 0.508 e. The van der Waals surface area contributed by atoms with Gasteiger partial charge in [0.25, 0.3) is 0 Å². The van der Waals surface area contributed by atoms with Crippen LogP contribution in [-0.2, 0) is 35.0 Å². The molecule has 0 fully saturated rings. The molecule has 1 aromatic carbocycles. The molecular formula is C21H28O8. The molecule has 0 aliphatic carbocycles. The molecule has 8 heteroatoms. The zero-order valence-electron chi connectivity index (χ0n) is 17.3. The van der Waals surface area contributed by atoms with Crippen molar-refractivity contribution in [2.45, 2.75) is 26.7 Å². The molecule has 29 heavy (non-hydrogen) atoms. The van der Waals surface area contributed by atoms with Gasteiger partial charge in [-0.2, -0.15) is 0 Å². The molecule has 0 aliphatic heterocycles. The number of rotatable bonds is 11. The van der Waals surface area contributed by atoms with Gasteiger partial charge in [-0.3, -0.25) is 9.59 Å². The van der Waals surface area contributed by atoms with Gasteiger partial charge in [0.1, 0.15) is 12.4 Å². The monoisotopic (exact) mass is 408 g/mol. The smallest absolute Gasteiger partial charge is 0.497 e. The molecule has 0 saturated carbocycles. The highest BCUT2D eigenvalue weighted by atomic mass is 16.7. The standard InChI is InChI=1S/C21H28O8/c1-5-27-18(22)21(19(23)28-6-2,13-7-8-14-29-20(24)26-4)15-16-9-11-17(25-3)12-10-16/h7-12H,5-6,13-15H2,1-4H3/b8-7-. The molecule has 0 radical (unpaired) electrons. The molecule has 0 amide bonds. The Labute approximate surface area is 170 Å². The number of hydrogen-bond acceptors (Lipinski definition) is 8. The highest BCUT2D eigenvalue weighted by Gasteiger charge is 2.48. The molecule has 0 aromatic heterocycles. The van der Waals surface area contributed by atoms with Crippen LogP contribution >= 0.6 is 0 Å². The van der Waals surface area contributed by atoms with Gasteiger partial charge in [0, 0.05) is 0 Å². The molecule has 0 aliphatic rings. The number of benzene rings is 1. The normalized spacial score (nSPS) is 11.0. The van der Waals surface area contributed by atoms with E-state index in [1.165, 1.54) is 13.2 Å². The van der Waals surface area contributed by atoms with E-state index >= 15 is 0 Å². The van der Waals surface area contributed by atoms with Crippen LogP contribution in [0.2, 0.25) is 0 Å². The van der Waals surface area contributed by atoms with Crippen molar-refractivity contribution in [3.63, 3.8) is 0 Å². The Bertz CT molecular complexity index is 675. The molecule has 160 valence electrons. The van der Waals surface area contributed by atoms with Gasteiger partial charge in [-0.05, 0) is 44.4 Å². The highest BCUT2D eigenvalue weighted by molar-refractivity contribution is 6.00. The molecule has 1 aromatic rings. The van der Waals surface area contributed by atoms with Crippen molar-refractivity contribution in [3.05, 3.63) is 42.0 Å². The lowest BCUT2D eigenvalue weighted by atomic mass is 9.78. The van der Waals surface area contributed by atoms with Crippen molar-refractivity contribution in [2.75, 3.05) is 34.0 Å². The number of esters is 2. The van der Waals surface area contributed by atoms with E-state index < -0.39 is 23.5 Å². The van der Waals surface area contributed by atoms with Gasteiger partial charge in [-0.1, -0.05) is 24.3 Å². The summed E-state index contributed by atoms with van der Waals surface area (Å²) >= 11 is 0.